The molecule has 1 atom stereocenters. The van der Waals surface area contributed by atoms with Gasteiger partial charge in [0.25, 0.3) is 11.1 Å². The highest BCUT2D eigenvalue weighted by atomic mass is 19.1. The molecule has 0 spiro atoms. The Morgan fingerprint density at radius 3 is 2.27 bits per heavy atom. The molecule has 0 fully saturated rings. The summed E-state index contributed by atoms with van der Waals surface area (Å²) in [6, 6.07) is 12.7. The van der Waals surface area contributed by atoms with Crippen LogP contribution in [0.1, 0.15) is 115 Å². The van der Waals surface area contributed by atoms with E-state index in [0.717, 1.165) is 34.2 Å². The molecular formula is C43H53FN6O6. The number of ketones is 1. The van der Waals surface area contributed by atoms with Crippen LogP contribution >= 0.6 is 0 Å². The minimum Gasteiger partial charge on any atom is -0.461 e. The normalized spacial score (nSPS) is 12.4. The predicted octanol–water partition coefficient (Wildman–Crippen LogP) is 8.11. The number of anilines is 2. The molecule has 5 rings (SSSR count). The van der Waals surface area contributed by atoms with E-state index >= 15 is 4.39 Å². The zero-order chi connectivity index (χ0) is 41.4. The van der Waals surface area contributed by atoms with Crippen LogP contribution in [0.2, 0.25) is 0 Å². The number of halogens is 1. The molecule has 5 aromatic rings. The molecule has 13 heteroatoms. The number of Topliss-reactive ketones (excluding diaryl/α,β-unsaturated/α-hetero) is 1. The van der Waals surface area contributed by atoms with Crippen molar-refractivity contribution in [2.45, 2.75) is 112 Å². The molecule has 3 heterocycles. The number of rotatable bonds is 13. The summed E-state index contributed by atoms with van der Waals surface area (Å²) in [4.78, 5) is 54.4. The number of ether oxygens (including phenoxy) is 1. The molecule has 56 heavy (non-hydrogen) atoms. The largest absolute Gasteiger partial charge is 0.461 e. The third-order valence-corrected chi connectivity index (χ3v) is 9.38. The predicted molar refractivity (Wildman–Crippen MR) is 217 cm³/mol. The van der Waals surface area contributed by atoms with E-state index in [-0.39, 0.29) is 34.6 Å². The maximum absolute atomic E-state index is 15.4. The van der Waals surface area contributed by atoms with Gasteiger partial charge in [-0.1, -0.05) is 72.4 Å². The van der Waals surface area contributed by atoms with Gasteiger partial charge >= 0.3 is 5.97 Å². The second-order valence-corrected chi connectivity index (χ2v) is 15.3. The maximum Gasteiger partial charge on any atom is 0.302 e. The van der Waals surface area contributed by atoms with Crippen LogP contribution in [-0.2, 0) is 28.6 Å². The molecule has 2 N–H and O–H groups in total. The SMILES string of the molecule is CC(=O)OCc1c(-c2cc(Nc3ccc(C(C)=O)cn3)c(=O)n(C)n2)cccc1-n1ncc2cc(C(C)(C)C)cc(F)c2c1=O.CCCCCC(C)(O)CCC. The number of hydrogen-bond acceptors (Lipinski definition) is 10. The molecule has 0 saturated carbocycles. The van der Waals surface area contributed by atoms with Gasteiger partial charge in [0.1, 0.15) is 23.9 Å². The highest BCUT2D eigenvalue weighted by Gasteiger charge is 2.22. The van der Waals surface area contributed by atoms with Crippen LogP contribution in [0.15, 0.2) is 70.5 Å². The number of pyridine rings is 1. The topological polar surface area (TPSA) is 158 Å². The van der Waals surface area contributed by atoms with Crippen LogP contribution in [0.5, 0.6) is 0 Å². The fourth-order valence-electron chi connectivity index (χ4n) is 6.24. The Hall–Kier alpha value is -5.56. The van der Waals surface area contributed by atoms with Gasteiger partial charge in [-0.2, -0.15) is 14.9 Å². The van der Waals surface area contributed by atoms with Gasteiger partial charge in [0.05, 0.1) is 28.6 Å². The molecule has 298 valence electrons. The minimum atomic E-state index is -0.692. The van der Waals surface area contributed by atoms with Gasteiger partial charge in [0, 0.05) is 42.2 Å². The first-order valence-corrected chi connectivity index (χ1v) is 18.9. The number of aromatic nitrogens is 5. The van der Waals surface area contributed by atoms with Crippen molar-refractivity contribution in [2.75, 3.05) is 5.32 Å². The van der Waals surface area contributed by atoms with Crippen LogP contribution in [-0.4, -0.2) is 47.0 Å². The van der Waals surface area contributed by atoms with Gasteiger partial charge in [0.15, 0.2) is 5.78 Å². The number of carbonyl (C=O) groups excluding carboxylic acids is 2. The zero-order valence-corrected chi connectivity index (χ0v) is 33.8. The molecule has 0 aliphatic rings. The highest BCUT2D eigenvalue weighted by Crippen LogP contribution is 2.30. The van der Waals surface area contributed by atoms with Gasteiger partial charge in [0.2, 0.25) is 0 Å². The Labute approximate surface area is 326 Å². The summed E-state index contributed by atoms with van der Waals surface area (Å²) in [7, 11) is 1.48. The Morgan fingerprint density at radius 1 is 0.929 bits per heavy atom. The number of benzene rings is 2. The lowest BCUT2D eigenvalue weighted by atomic mass is 9.86. The average molecular weight is 769 g/mol. The third-order valence-electron chi connectivity index (χ3n) is 9.38. The summed E-state index contributed by atoms with van der Waals surface area (Å²) >= 11 is 0. The first-order valence-electron chi connectivity index (χ1n) is 18.9. The van der Waals surface area contributed by atoms with Crippen LogP contribution < -0.4 is 16.4 Å². The standard InChI is InChI=1S/C33H31FN6O5.C10H22O/c1-18(41)20-10-11-29(35-15-20)37-27-14-26(38-39(6)31(27)43)23-8-7-9-28(24(23)17-45-19(2)42)40-32(44)30-21(16-36-40)12-22(13-25(30)34)33(3,4)5;1-4-6-7-9-10(3,11)8-5-2/h7-16H,17H2,1-6H3,(H,35,37);11H,4-9H2,1-3H3. The number of nitrogens with zero attached hydrogens (tertiary/aromatic N) is 5. The van der Waals surface area contributed by atoms with Crippen LogP contribution in [0.4, 0.5) is 15.9 Å². The summed E-state index contributed by atoms with van der Waals surface area (Å²) < 4.78 is 23.0. The Bertz CT molecular complexity index is 2310. The van der Waals surface area contributed by atoms with Crippen molar-refractivity contribution in [1.29, 1.82) is 0 Å². The monoisotopic (exact) mass is 768 g/mol. The molecule has 1 unspecified atom stereocenters. The van der Waals surface area contributed by atoms with Gasteiger partial charge in [-0.25, -0.2) is 14.1 Å². The third kappa shape index (κ3) is 10.8. The second kappa shape index (κ2) is 18.4. The molecule has 0 aliphatic carbocycles. The Kier molecular flexibility index (Phi) is 14.2. The van der Waals surface area contributed by atoms with Crippen molar-refractivity contribution in [3.05, 3.63) is 104 Å². The smallest absolute Gasteiger partial charge is 0.302 e. The summed E-state index contributed by atoms with van der Waals surface area (Å²) in [6.45, 7) is 14.5. The molecule has 0 aliphatic heterocycles. The fourth-order valence-corrected chi connectivity index (χ4v) is 6.24. The number of esters is 1. The van der Waals surface area contributed by atoms with E-state index in [1.807, 2.05) is 27.7 Å². The Balaban J connectivity index is 0.000000552. The summed E-state index contributed by atoms with van der Waals surface area (Å²) in [5, 5.41) is 21.7. The molecule has 0 saturated heterocycles. The van der Waals surface area contributed by atoms with E-state index in [2.05, 4.69) is 34.3 Å². The number of hydrogen-bond donors (Lipinski definition) is 2. The van der Waals surface area contributed by atoms with Crippen LogP contribution in [0.25, 0.3) is 27.7 Å². The fraction of sp³-hybridized carbons (Fsp3) is 0.419. The van der Waals surface area contributed by atoms with E-state index in [0.29, 0.717) is 33.6 Å². The van der Waals surface area contributed by atoms with Crippen molar-refractivity contribution in [3.63, 3.8) is 0 Å². The Morgan fingerprint density at radius 2 is 1.66 bits per heavy atom. The quantitative estimate of drug-likeness (QED) is 0.0681. The van der Waals surface area contributed by atoms with E-state index < -0.39 is 28.5 Å². The molecule has 2 aromatic carbocycles. The van der Waals surface area contributed by atoms with Crippen molar-refractivity contribution in [1.82, 2.24) is 24.5 Å². The van der Waals surface area contributed by atoms with Crippen molar-refractivity contribution in [2.24, 2.45) is 7.05 Å². The van der Waals surface area contributed by atoms with Crippen LogP contribution in [0.3, 0.4) is 0 Å². The van der Waals surface area contributed by atoms with Gasteiger partial charge in [-0.05, 0) is 74.1 Å². The van der Waals surface area contributed by atoms with Gasteiger partial charge in [-0.15, -0.1) is 0 Å². The first kappa shape index (κ1) is 43.2. The highest BCUT2D eigenvalue weighted by molar-refractivity contribution is 5.94. The molecule has 3 aromatic heterocycles. The average Bonchev–Trinajstić information content (AvgIpc) is 3.12. The number of fused-ring (bicyclic) bond motifs is 1. The number of carbonyl (C=O) groups is 2. The van der Waals surface area contributed by atoms with Crippen molar-refractivity contribution < 1.29 is 23.8 Å². The number of nitrogens with one attached hydrogen (secondary N) is 1. The lowest BCUT2D eigenvalue weighted by molar-refractivity contribution is -0.142. The number of unbranched alkanes of at least 4 members (excludes halogenated alkanes) is 2. The summed E-state index contributed by atoms with van der Waals surface area (Å²) in [6.07, 6.45) is 9.48. The molecular weight excluding hydrogens is 716 g/mol. The van der Waals surface area contributed by atoms with E-state index in [1.54, 1.807) is 36.4 Å². The van der Waals surface area contributed by atoms with Crippen LogP contribution in [0, 0.1) is 5.82 Å². The lowest BCUT2D eigenvalue weighted by Crippen LogP contribution is -2.25. The first-order chi connectivity index (χ1) is 26.4. The molecule has 12 nitrogen and oxygen atoms in total. The van der Waals surface area contributed by atoms with Gasteiger partial charge < -0.3 is 15.2 Å². The van der Waals surface area contributed by atoms with E-state index in [9.17, 15) is 24.3 Å². The van der Waals surface area contributed by atoms with Gasteiger partial charge in [-0.3, -0.25) is 19.2 Å². The van der Waals surface area contributed by atoms with E-state index in [4.69, 9.17) is 4.74 Å². The molecule has 0 radical (unpaired) electrons. The summed E-state index contributed by atoms with van der Waals surface area (Å²) in [5.41, 5.74) is 0.719. The zero-order valence-electron chi connectivity index (χ0n) is 33.8. The summed E-state index contributed by atoms with van der Waals surface area (Å²) in [5.74, 6) is -1.05. The van der Waals surface area contributed by atoms with Crippen molar-refractivity contribution in [3.8, 4) is 16.9 Å². The number of aryl methyl sites for hydroxylation is 1. The minimum absolute atomic E-state index is 0.128. The lowest BCUT2D eigenvalue weighted by Gasteiger charge is -2.22. The second-order valence-electron chi connectivity index (χ2n) is 15.3. The maximum atomic E-state index is 15.4. The van der Waals surface area contributed by atoms with E-state index in [1.165, 1.54) is 64.7 Å². The molecule has 0 amide bonds. The number of aliphatic hydroxyl groups is 1. The van der Waals surface area contributed by atoms with Crippen molar-refractivity contribution >= 4 is 34.0 Å². The molecule has 0 bridgehead atoms.